The minimum atomic E-state index is -0.490. The normalized spacial score (nSPS) is 13.0. The van der Waals surface area contributed by atoms with Crippen molar-refractivity contribution in [1.29, 1.82) is 0 Å². The molecule has 2 aromatic carbocycles. The van der Waals surface area contributed by atoms with Crippen LogP contribution in [0, 0.1) is 6.92 Å². The largest absolute Gasteiger partial charge is 0.454 e. The third-order valence-corrected chi connectivity index (χ3v) is 5.88. The Morgan fingerprint density at radius 2 is 1.88 bits per heavy atom. The van der Waals surface area contributed by atoms with Crippen LogP contribution in [0.1, 0.15) is 56.2 Å². The Hall–Kier alpha value is -3.02. The Morgan fingerprint density at radius 3 is 2.62 bits per heavy atom. The maximum absolute atomic E-state index is 13.4. The molecule has 1 N–H and O–H groups in total. The van der Waals surface area contributed by atoms with Gasteiger partial charge in [0.05, 0.1) is 0 Å². The van der Waals surface area contributed by atoms with Crippen molar-refractivity contribution in [2.45, 2.75) is 65.5 Å². The quantitative estimate of drug-likeness (QED) is 0.529. The van der Waals surface area contributed by atoms with E-state index in [1.165, 1.54) is 0 Å². The van der Waals surface area contributed by atoms with E-state index < -0.39 is 6.04 Å². The molecular formula is C26H34N2O4. The third kappa shape index (κ3) is 6.02. The van der Waals surface area contributed by atoms with Gasteiger partial charge in [-0.3, -0.25) is 9.59 Å². The van der Waals surface area contributed by atoms with Crippen LogP contribution in [0.2, 0.25) is 0 Å². The Balaban J connectivity index is 1.74. The number of unbranched alkanes of at least 4 members (excludes halogenated alkanes) is 1. The zero-order chi connectivity index (χ0) is 22.9. The number of hydrogen-bond acceptors (Lipinski definition) is 4. The lowest BCUT2D eigenvalue weighted by atomic mass is 10.0. The topological polar surface area (TPSA) is 67.9 Å². The van der Waals surface area contributed by atoms with E-state index in [2.05, 4.69) is 12.2 Å². The molecule has 0 spiro atoms. The highest BCUT2D eigenvalue weighted by molar-refractivity contribution is 5.87. The minimum Gasteiger partial charge on any atom is -0.454 e. The van der Waals surface area contributed by atoms with Gasteiger partial charge in [-0.2, -0.15) is 0 Å². The molecule has 1 atom stereocenters. The summed E-state index contributed by atoms with van der Waals surface area (Å²) in [7, 11) is 0. The third-order valence-electron chi connectivity index (χ3n) is 5.88. The van der Waals surface area contributed by atoms with Gasteiger partial charge in [-0.25, -0.2) is 0 Å². The van der Waals surface area contributed by atoms with Crippen LogP contribution in [0.4, 0.5) is 0 Å². The molecule has 0 aliphatic carbocycles. The fraction of sp³-hybridized carbons (Fsp3) is 0.462. The van der Waals surface area contributed by atoms with Crippen LogP contribution in [-0.2, 0) is 22.6 Å². The zero-order valence-electron chi connectivity index (χ0n) is 19.4. The van der Waals surface area contributed by atoms with Gasteiger partial charge in [0, 0.05) is 19.5 Å². The Kier molecular flexibility index (Phi) is 8.54. The Morgan fingerprint density at radius 1 is 1.09 bits per heavy atom. The predicted molar refractivity (Wildman–Crippen MR) is 125 cm³/mol. The molecule has 1 aliphatic rings. The second kappa shape index (κ2) is 11.6. The van der Waals surface area contributed by atoms with E-state index in [1.54, 1.807) is 4.90 Å². The van der Waals surface area contributed by atoms with Crippen molar-refractivity contribution in [1.82, 2.24) is 10.2 Å². The highest BCUT2D eigenvalue weighted by atomic mass is 16.7. The monoisotopic (exact) mass is 438 g/mol. The number of nitrogens with one attached hydrogen (secondary N) is 1. The lowest BCUT2D eigenvalue weighted by Gasteiger charge is -2.31. The Bertz CT molecular complexity index is 928. The number of carbonyl (C=O) groups excluding carboxylic acids is 2. The average molecular weight is 439 g/mol. The number of amides is 2. The smallest absolute Gasteiger partial charge is 0.242 e. The van der Waals surface area contributed by atoms with Crippen LogP contribution in [-0.4, -0.2) is 36.1 Å². The summed E-state index contributed by atoms with van der Waals surface area (Å²) < 4.78 is 10.8. The second-order valence-electron chi connectivity index (χ2n) is 8.20. The fourth-order valence-corrected chi connectivity index (χ4v) is 3.89. The molecule has 172 valence electrons. The average Bonchev–Trinajstić information content (AvgIpc) is 3.26. The molecule has 6 nitrogen and oxygen atoms in total. The van der Waals surface area contributed by atoms with Crippen molar-refractivity contribution < 1.29 is 19.1 Å². The van der Waals surface area contributed by atoms with Crippen molar-refractivity contribution in [3.8, 4) is 11.5 Å². The van der Waals surface area contributed by atoms with E-state index in [0.717, 1.165) is 35.3 Å². The van der Waals surface area contributed by atoms with Gasteiger partial charge in [0.25, 0.3) is 0 Å². The molecule has 0 fully saturated rings. The number of nitrogens with zero attached hydrogens (tertiary/aromatic N) is 1. The zero-order valence-corrected chi connectivity index (χ0v) is 19.4. The van der Waals surface area contributed by atoms with E-state index in [4.69, 9.17) is 9.47 Å². The van der Waals surface area contributed by atoms with E-state index in [9.17, 15) is 9.59 Å². The lowest BCUT2D eigenvalue weighted by molar-refractivity contribution is -0.141. The first-order valence-corrected chi connectivity index (χ1v) is 11.5. The molecule has 0 aromatic heterocycles. The molecule has 3 rings (SSSR count). The summed E-state index contributed by atoms with van der Waals surface area (Å²) in [5, 5.41) is 3.01. The van der Waals surface area contributed by atoms with Gasteiger partial charge in [-0.15, -0.1) is 0 Å². The maximum atomic E-state index is 13.4. The summed E-state index contributed by atoms with van der Waals surface area (Å²) in [6.45, 7) is 7.37. The van der Waals surface area contributed by atoms with Crippen LogP contribution >= 0.6 is 0 Å². The maximum Gasteiger partial charge on any atom is 0.242 e. The number of aryl methyl sites for hydroxylation is 2. The fourth-order valence-electron chi connectivity index (χ4n) is 3.89. The standard InChI is InChI=1S/C26H34N2O4/c1-4-6-15-27-26(30)22(5-2)28(17-21-10-8-7-9-19(21)3)25(29)14-12-20-11-13-23-24(16-20)32-18-31-23/h7-11,13,16,22H,4-6,12,14-15,17-18H2,1-3H3,(H,27,30). The molecule has 2 amide bonds. The van der Waals surface area contributed by atoms with E-state index in [1.807, 2.05) is 56.3 Å². The second-order valence-corrected chi connectivity index (χ2v) is 8.20. The molecular weight excluding hydrogens is 404 g/mol. The van der Waals surface area contributed by atoms with Gasteiger partial charge in [0.2, 0.25) is 18.6 Å². The van der Waals surface area contributed by atoms with E-state index in [-0.39, 0.29) is 18.6 Å². The first-order chi connectivity index (χ1) is 15.5. The Labute approximate surface area is 190 Å². The van der Waals surface area contributed by atoms with E-state index in [0.29, 0.717) is 38.1 Å². The molecule has 1 aliphatic heterocycles. The molecule has 2 aromatic rings. The van der Waals surface area contributed by atoms with Gasteiger partial charge in [0.15, 0.2) is 11.5 Å². The molecule has 6 heteroatoms. The first kappa shape index (κ1) is 23.6. The molecule has 1 unspecified atom stereocenters. The van der Waals surface area contributed by atoms with Crippen LogP contribution < -0.4 is 14.8 Å². The number of rotatable bonds is 11. The van der Waals surface area contributed by atoms with Gasteiger partial charge in [0.1, 0.15) is 6.04 Å². The van der Waals surface area contributed by atoms with Gasteiger partial charge < -0.3 is 19.7 Å². The summed E-state index contributed by atoms with van der Waals surface area (Å²) in [4.78, 5) is 28.1. The van der Waals surface area contributed by atoms with Gasteiger partial charge >= 0.3 is 0 Å². The predicted octanol–water partition coefficient (Wildman–Crippen LogP) is 4.38. The molecule has 0 bridgehead atoms. The lowest BCUT2D eigenvalue weighted by Crippen LogP contribution is -2.49. The summed E-state index contributed by atoms with van der Waals surface area (Å²) in [5.41, 5.74) is 3.19. The SMILES string of the molecule is CCCCNC(=O)C(CC)N(Cc1ccccc1C)C(=O)CCc1ccc2c(c1)OCO2. The van der Waals surface area contributed by atoms with Crippen LogP contribution in [0.15, 0.2) is 42.5 Å². The number of hydrogen-bond donors (Lipinski definition) is 1. The number of fused-ring (bicyclic) bond motifs is 1. The van der Waals surface area contributed by atoms with Crippen molar-refractivity contribution in [2.75, 3.05) is 13.3 Å². The van der Waals surface area contributed by atoms with Crippen LogP contribution in [0.5, 0.6) is 11.5 Å². The summed E-state index contributed by atoms with van der Waals surface area (Å²) in [6.07, 6.45) is 3.41. The number of carbonyl (C=O) groups is 2. The van der Waals surface area contributed by atoms with E-state index >= 15 is 0 Å². The highest BCUT2D eigenvalue weighted by Crippen LogP contribution is 2.32. The van der Waals surface area contributed by atoms with Crippen molar-refractivity contribution in [3.05, 3.63) is 59.2 Å². The van der Waals surface area contributed by atoms with Crippen molar-refractivity contribution in [2.24, 2.45) is 0 Å². The minimum absolute atomic E-state index is 0.0246. The molecule has 1 heterocycles. The molecule has 0 saturated heterocycles. The van der Waals surface area contributed by atoms with Gasteiger partial charge in [-0.1, -0.05) is 50.6 Å². The van der Waals surface area contributed by atoms with Crippen molar-refractivity contribution in [3.63, 3.8) is 0 Å². The van der Waals surface area contributed by atoms with Gasteiger partial charge in [-0.05, 0) is 55.0 Å². The summed E-state index contributed by atoms with van der Waals surface area (Å²) in [5.74, 6) is 1.35. The number of ether oxygens (including phenoxy) is 2. The molecule has 0 radical (unpaired) electrons. The van der Waals surface area contributed by atoms with Crippen molar-refractivity contribution >= 4 is 11.8 Å². The molecule has 32 heavy (non-hydrogen) atoms. The highest BCUT2D eigenvalue weighted by Gasteiger charge is 2.28. The summed E-state index contributed by atoms with van der Waals surface area (Å²) >= 11 is 0. The summed E-state index contributed by atoms with van der Waals surface area (Å²) in [6, 6.07) is 13.3. The van der Waals surface area contributed by atoms with Crippen LogP contribution in [0.3, 0.4) is 0 Å². The molecule has 0 saturated carbocycles. The first-order valence-electron chi connectivity index (χ1n) is 11.5. The number of benzene rings is 2. The van der Waals surface area contributed by atoms with Crippen LogP contribution in [0.25, 0.3) is 0 Å².